The van der Waals surface area contributed by atoms with Crippen molar-refractivity contribution in [1.29, 1.82) is 26.3 Å². The second kappa shape index (κ2) is 39.2. The quantitative estimate of drug-likeness (QED) is 0.0175. The van der Waals surface area contributed by atoms with Crippen LogP contribution in [0.2, 0.25) is 0 Å². The molecule has 0 aliphatic carbocycles. The molecule has 0 saturated carbocycles. The number of non-ortho nitro benzene ring substituents is 3. The highest BCUT2D eigenvalue weighted by Crippen LogP contribution is 2.39. The summed E-state index contributed by atoms with van der Waals surface area (Å²) in [6.45, 7) is 5.26. The van der Waals surface area contributed by atoms with Gasteiger partial charge in [0.25, 0.3) is 17.1 Å². The highest BCUT2D eigenvalue weighted by Gasteiger charge is 2.21. The van der Waals surface area contributed by atoms with E-state index in [1.54, 1.807) is 106 Å². The highest BCUT2D eigenvalue weighted by atomic mass is 79.9. The number of fused-ring (bicyclic) bond motifs is 3. The largest absolute Gasteiger partial charge is 0.488 e. The Balaban J connectivity index is 0.000000227. The number of nitrogens with one attached hydrogen (secondary N) is 2. The Labute approximate surface area is 659 Å². The average molecular weight is 1840 g/mol. The van der Waals surface area contributed by atoms with E-state index < -0.39 is 33.6 Å². The van der Waals surface area contributed by atoms with E-state index in [0.29, 0.717) is 86.9 Å². The molecule has 1 amide bonds. The summed E-state index contributed by atoms with van der Waals surface area (Å²) < 4.78 is 11.3. The van der Waals surface area contributed by atoms with Crippen LogP contribution < -0.4 is 39.0 Å². The molecular formula is C63H43BBr5Cl2N17O10S5. The number of nitrogens with zero attached hydrogens (tertiary/aromatic N) is 11. The number of nitrogen functional groups attached to an aromatic ring is 3. The van der Waals surface area contributed by atoms with Gasteiger partial charge in [-0.1, -0.05) is 106 Å². The molecule has 11 aromatic rings. The van der Waals surface area contributed by atoms with Crippen LogP contribution in [0.25, 0.3) is 52.9 Å². The number of carbonyl (C=O) groups is 1. The Morgan fingerprint density at radius 1 is 0.553 bits per heavy atom. The first kappa shape index (κ1) is 84.2. The van der Waals surface area contributed by atoms with Crippen molar-refractivity contribution in [1.82, 2.24) is 15.0 Å². The van der Waals surface area contributed by atoms with E-state index in [1.807, 2.05) is 12.1 Å². The molecule has 0 saturated heterocycles. The lowest BCUT2D eigenvalue weighted by Gasteiger charge is -2.18. The van der Waals surface area contributed by atoms with Gasteiger partial charge in [-0.25, -0.2) is 19.7 Å². The van der Waals surface area contributed by atoms with Gasteiger partial charge in [0.15, 0.2) is 24.3 Å². The highest BCUT2D eigenvalue weighted by molar-refractivity contribution is 9.11. The first-order valence-electron chi connectivity index (χ1n) is 27.7. The number of nitrogens with two attached hydrogens (primary N) is 4. The molecule has 27 nitrogen and oxygen atoms in total. The first-order valence-corrected chi connectivity index (χ1v) is 35.7. The molecule has 0 fully saturated rings. The molecule has 0 radical (unpaired) electrons. The fourth-order valence-corrected chi connectivity index (χ4v) is 13.9. The van der Waals surface area contributed by atoms with E-state index in [2.05, 4.69) is 136 Å². The Hall–Kier alpha value is -9.51. The number of nitriles is 5. The third-order valence-corrected chi connectivity index (χ3v) is 18.1. The van der Waals surface area contributed by atoms with Gasteiger partial charge in [0.2, 0.25) is 0 Å². The van der Waals surface area contributed by atoms with Crippen molar-refractivity contribution in [2.24, 2.45) is 5.73 Å². The van der Waals surface area contributed by atoms with Gasteiger partial charge in [-0.3, -0.25) is 35.7 Å². The summed E-state index contributed by atoms with van der Waals surface area (Å²) in [6, 6.07) is 44.8. The minimum Gasteiger partial charge on any atom is -0.444 e. The molecule has 3 aromatic heterocycles. The summed E-state index contributed by atoms with van der Waals surface area (Å²) in [7, 11) is -1.66. The van der Waals surface area contributed by atoms with E-state index >= 15 is 0 Å². The number of aromatic nitrogens is 3. The number of halogens is 7. The van der Waals surface area contributed by atoms with Gasteiger partial charge in [-0.2, -0.15) is 26.3 Å². The van der Waals surface area contributed by atoms with E-state index in [-0.39, 0.29) is 31.4 Å². The van der Waals surface area contributed by atoms with Crippen LogP contribution in [-0.2, 0) is 4.74 Å². The number of thiocarbonyl (C=S) groups is 2. The van der Waals surface area contributed by atoms with E-state index in [1.165, 1.54) is 76.5 Å². The van der Waals surface area contributed by atoms with Crippen LogP contribution in [0.15, 0.2) is 156 Å². The number of nitro benzene ring substituents is 3. The third kappa shape index (κ3) is 25.8. The van der Waals surface area contributed by atoms with Crippen molar-refractivity contribution in [2.75, 3.05) is 27.8 Å². The molecule has 0 aliphatic rings. The zero-order valence-electron chi connectivity index (χ0n) is 52.4. The predicted molar refractivity (Wildman–Crippen MR) is 429 cm³/mol. The first-order chi connectivity index (χ1) is 48.5. The topological polar surface area (TPSA) is 482 Å². The maximum Gasteiger partial charge on any atom is 0.488 e. The van der Waals surface area contributed by atoms with E-state index in [9.17, 15) is 40.4 Å². The molecule has 12 N–H and O–H groups in total. The van der Waals surface area contributed by atoms with Crippen LogP contribution in [0, 0.1) is 87.0 Å². The summed E-state index contributed by atoms with van der Waals surface area (Å²) in [5, 5.41) is 101. The minimum absolute atomic E-state index is 0.00814. The van der Waals surface area contributed by atoms with Crippen LogP contribution in [0.4, 0.5) is 48.6 Å². The van der Waals surface area contributed by atoms with Crippen molar-refractivity contribution in [2.45, 2.75) is 26.4 Å². The average Bonchev–Trinajstić information content (AvgIpc) is 1.69. The third-order valence-electron chi connectivity index (χ3n) is 12.2. The number of carbonyl (C=O) groups excluding carboxylic acids is 1. The number of amides is 1. The molecule has 3 heterocycles. The number of thiazole rings is 3. The number of hydrogen-bond donors (Lipinski definition) is 8. The number of benzene rings is 8. The fourth-order valence-electron chi connectivity index (χ4n) is 8.06. The maximum atomic E-state index is 12.0. The molecule has 0 aliphatic heterocycles. The van der Waals surface area contributed by atoms with E-state index in [4.69, 9.17) is 94.2 Å². The van der Waals surface area contributed by atoms with Crippen LogP contribution >= 0.6 is 161 Å². The number of hydrogen-bond acceptors (Lipinski definition) is 26. The number of nitro groups is 3. The molecule has 522 valence electrons. The van der Waals surface area contributed by atoms with Crippen LogP contribution in [0.1, 0.15) is 48.6 Å². The summed E-state index contributed by atoms with van der Waals surface area (Å²) >= 11 is 38.6. The molecule has 0 unspecified atom stereocenters. The maximum absolute atomic E-state index is 12.0. The molecular weight excluding hydrogens is 1800 g/mol. The number of rotatable bonds is 8. The van der Waals surface area contributed by atoms with Crippen LogP contribution in [0.5, 0.6) is 0 Å². The molecule has 8 aromatic carbocycles. The molecule has 0 spiro atoms. The van der Waals surface area contributed by atoms with Crippen molar-refractivity contribution in [3.05, 3.63) is 214 Å². The zero-order chi connectivity index (χ0) is 76.7. The lowest BCUT2D eigenvalue weighted by molar-refractivity contribution is -0.385. The van der Waals surface area contributed by atoms with Gasteiger partial charge < -0.3 is 43.0 Å². The zero-order valence-corrected chi connectivity index (χ0v) is 65.9. The van der Waals surface area contributed by atoms with Crippen molar-refractivity contribution in [3.63, 3.8) is 0 Å². The van der Waals surface area contributed by atoms with Gasteiger partial charge in [-0.15, -0.1) is 0 Å². The Morgan fingerprint density at radius 3 is 1.32 bits per heavy atom. The predicted octanol–water partition coefficient (Wildman–Crippen LogP) is 17.4. The molecule has 103 heavy (non-hydrogen) atoms. The monoisotopic (exact) mass is 1830 g/mol. The number of ether oxygens (including phenoxy) is 1. The molecule has 0 atom stereocenters. The van der Waals surface area contributed by atoms with Crippen molar-refractivity contribution >= 4 is 263 Å². The molecule has 40 heteroatoms. The Morgan fingerprint density at radius 2 is 0.913 bits per heavy atom. The molecule has 0 bridgehead atoms. The number of anilines is 5. The minimum atomic E-state index is -1.66. The van der Waals surface area contributed by atoms with Gasteiger partial charge in [-0.05, 0) is 190 Å². The summed E-state index contributed by atoms with van der Waals surface area (Å²) in [5.41, 5.74) is 29.9. The lowest BCUT2D eigenvalue weighted by atomic mass is 9.80. The van der Waals surface area contributed by atoms with Gasteiger partial charge in [0.1, 0.15) is 5.60 Å². The Kier molecular flexibility index (Phi) is 32.0. The SMILES string of the molecule is CC(C)(C)OC(=O)Nc1nc2c(-c3cccc([N+](=O)[O-])c3)cc(C#N)cc2s1.N#Cc1cc(-c2cccc([N+](=O)[O-])c2)c2nc(N)sc2c1.N#Cc1cc(Br)c(N)c(Br)c1.N#Cc1cc(Br)c(NC(N)=S)c(Br)c1.N#Cc1cc(Br)c2nc(N)sc2c1.O=[N+]([O-])c1cccc(B(O)O)c1.S=C(Cl)Cl. The smallest absolute Gasteiger partial charge is 0.444 e. The van der Waals surface area contributed by atoms with Gasteiger partial charge in [0.05, 0.1) is 115 Å². The summed E-state index contributed by atoms with van der Waals surface area (Å²) in [6.07, 6.45) is -0.635. The van der Waals surface area contributed by atoms with E-state index in [0.717, 1.165) is 49.0 Å². The van der Waals surface area contributed by atoms with Crippen LogP contribution in [0.3, 0.4) is 0 Å². The standard InChI is InChI=1S/C19H16N4O4S.C14H8N4O2S.C8H5Br2N3S.C8H4BrN3S.C7H4Br2N2.C6H6BNO4.CCl2S/c1-19(2,3)27-18(24)22-17-21-16-14(7-11(10-20)8-15(16)28-17)12-5-4-6-13(9-12)23(25)26;15-7-8-4-11(13-12(5-8)21-14(16)17-13)9-2-1-3-10(6-9)18(19)20;9-5-1-4(3-11)2-6(10)7(5)13-8(12)14;9-5-1-4(3-10)2-6-7(5)12-8(11)13-6;8-5-1-4(3-10)2-6(9)7(5)11;9-7(10)5-2-1-3-6(4-5)8(11)12;2-1(3)4/h4-9H,1-3H3,(H,21,22,24);1-6H,(H2,16,17);1-2H,(H3,12,13,14);1-2H,(H2,11,12);1-2H,11H2;1-4,9-10H;. The normalized spacial score (nSPS) is 10.0. The van der Waals surface area contributed by atoms with Gasteiger partial charge in [0, 0.05) is 69.9 Å². The summed E-state index contributed by atoms with van der Waals surface area (Å²) in [4.78, 5) is 55.5. The second-order valence-corrected chi connectivity index (χ2v) is 30.3. The van der Waals surface area contributed by atoms with Crippen molar-refractivity contribution in [3.8, 4) is 52.6 Å². The summed E-state index contributed by atoms with van der Waals surface area (Å²) in [5.74, 6) is 0. The fraction of sp³-hybridized carbons (Fsp3) is 0.0635. The van der Waals surface area contributed by atoms with Crippen molar-refractivity contribution < 1.29 is 34.3 Å². The lowest BCUT2D eigenvalue weighted by Crippen LogP contribution is -2.29. The second-order valence-electron chi connectivity index (χ2n) is 20.6. The Bertz CT molecular complexity index is 5280. The van der Waals surface area contributed by atoms with Gasteiger partial charge >= 0.3 is 13.2 Å². The van der Waals surface area contributed by atoms with Crippen LogP contribution in [-0.4, -0.2) is 67.5 Å². The molecule has 11 rings (SSSR count).